The molecule has 0 aliphatic heterocycles. The number of halogens is 6. The van der Waals surface area contributed by atoms with Crippen molar-refractivity contribution in [3.63, 3.8) is 0 Å². The average molecular weight is 324 g/mol. The van der Waals surface area contributed by atoms with E-state index in [0.29, 0.717) is 19.3 Å². The Morgan fingerprint density at radius 2 is 1.50 bits per heavy atom. The SMILES string of the molecule is CBc1ccc(C(C)(C(F)(F)F)C(F)(F)F)cc1CC(C)C. The third kappa shape index (κ3) is 3.44. The van der Waals surface area contributed by atoms with E-state index in [1.807, 2.05) is 20.7 Å². The maximum Gasteiger partial charge on any atom is 0.406 e. The van der Waals surface area contributed by atoms with Gasteiger partial charge in [-0.25, -0.2) is 0 Å². The van der Waals surface area contributed by atoms with E-state index >= 15 is 0 Å². The molecule has 0 heterocycles. The fourth-order valence-corrected chi connectivity index (χ4v) is 2.40. The minimum Gasteiger partial charge on any atom is -0.170 e. The van der Waals surface area contributed by atoms with Gasteiger partial charge in [0.1, 0.15) is 0 Å². The van der Waals surface area contributed by atoms with Gasteiger partial charge in [0.05, 0.1) is 0 Å². The second kappa shape index (κ2) is 6.16. The predicted molar refractivity (Wildman–Crippen MR) is 77.1 cm³/mol. The Hall–Kier alpha value is -1.14. The first-order valence-electron chi connectivity index (χ1n) is 7.10. The number of benzene rings is 1. The normalized spacial score (nSPS) is 13.6. The molecule has 0 saturated heterocycles. The van der Waals surface area contributed by atoms with Crippen LogP contribution >= 0.6 is 0 Å². The highest BCUT2D eigenvalue weighted by Gasteiger charge is 2.68. The summed E-state index contributed by atoms with van der Waals surface area (Å²) in [6.45, 7) is 5.77. The maximum atomic E-state index is 13.1. The summed E-state index contributed by atoms with van der Waals surface area (Å²) in [5, 5.41) is 0. The predicted octanol–water partition coefficient (Wildman–Crippen LogP) is 4.38. The molecule has 22 heavy (non-hydrogen) atoms. The molecule has 124 valence electrons. The summed E-state index contributed by atoms with van der Waals surface area (Å²) >= 11 is 0. The van der Waals surface area contributed by atoms with Gasteiger partial charge in [0.2, 0.25) is 0 Å². The number of rotatable bonds is 4. The van der Waals surface area contributed by atoms with Crippen LogP contribution in [-0.2, 0) is 11.8 Å². The second-order valence-corrected chi connectivity index (χ2v) is 6.06. The molecule has 0 bridgehead atoms. The van der Waals surface area contributed by atoms with Crippen LogP contribution in [0.2, 0.25) is 6.82 Å². The van der Waals surface area contributed by atoms with E-state index in [-0.39, 0.29) is 12.8 Å². The smallest absolute Gasteiger partial charge is 0.170 e. The first-order chi connectivity index (χ1) is 9.84. The van der Waals surface area contributed by atoms with Crippen molar-refractivity contribution >= 4 is 12.7 Å². The molecule has 0 aliphatic carbocycles. The first kappa shape index (κ1) is 18.9. The molecule has 0 aliphatic rings. The summed E-state index contributed by atoms with van der Waals surface area (Å²) in [7, 11) is 0.567. The lowest BCUT2D eigenvalue weighted by Gasteiger charge is -2.35. The maximum absolute atomic E-state index is 13.1. The Labute approximate surface area is 127 Å². The Balaban J connectivity index is 3.52. The van der Waals surface area contributed by atoms with Crippen molar-refractivity contribution in [3.8, 4) is 0 Å². The number of hydrogen-bond donors (Lipinski definition) is 0. The Morgan fingerprint density at radius 3 is 1.86 bits per heavy atom. The van der Waals surface area contributed by atoms with Crippen molar-refractivity contribution in [1.82, 2.24) is 0 Å². The molecule has 0 unspecified atom stereocenters. The largest absolute Gasteiger partial charge is 0.406 e. The van der Waals surface area contributed by atoms with Crippen LogP contribution < -0.4 is 5.46 Å². The van der Waals surface area contributed by atoms with E-state index in [1.54, 1.807) is 0 Å². The summed E-state index contributed by atoms with van der Waals surface area (Å²) in [6, 6.07) is 3.40. The lowest BCUT2D eigenvalue weighted by Crippen LogP contribution is -2.51. The van der Waals surface area contributed by atoms with Crippen LogP contribution in [0.25, 0.3) is 0 Å². The van der Waals surface area contributed by atoms with Crippen molar-refractivity contribution in [1.29, 1.82) is 0 Å². The second-order valence-electron chi connectivity index (χ2n) is 6.06. The summed E-state index contributed by atoms with van der Waals surface area (Å²) in [4.78, 5) is 0. The topological polar surface area (TPSA) is 0 Å². The molecule has 0 fully saturated rings. The molecular formula is C15H19BF6. The van der Waals surface area contributed by atoms with E-state index in [1.165, 1.54) is 6.07 Å². The van der Waals surface area contributed by atoms with Gasteiger partial charge in [-0.05, 0) is 24.8 Å². The van der Waals surface area contributed by atoms with Crippen LogP contribution in [0.1, 0.15) is 31.9 Å². The van der Waals surface area contributed by atoms with Crippen LogP contribution in [0.4, 0.5) is 26.3 Å². The molecule has 1 aromatic rings. The zero-order valence-corrected chi connectivity index (χ0v) is 13.0. The van der Waals surface area contributed by atoms with Crippen molar-refractivity contribution in [3.05, 3.63) is 29.3 Å². The molecule has 0 aromatic heterocycles. The van der Waals surface area contributed by atoms with Gasteiger partial charge >= 0.3 is 12.4 Å². The van der Waals surface area contributed by atoms with Crippen LogP contribution in [0.3, 0.4) is 0 Å². The lowest BCUT2D eigenvalue weighted by molar-refractivity contribution is -0.297. The van der Waals surface area contributed by atoms with Crippen LogP contribution in [0, 0.1) is 5.92 Å². The Morgan fingerprint density at radius 1 is 1.00 bits per heavy atom. The highest BCUT2D eigenvalue weighted by atomic mass is 19.4. The number of alkyl halides is 6. The van der Waals surface area contributed by atoms with E-state index in [9.17, 15) is 26.3 Å². The van der Waals surface area contributed by atoms with Crippen LogP contribution in [0.15, 0.2) is 18.2 Å². The highest BCUT2D eigenvalue weighted by molar-refractivity contribution is 6.52. The summed E-state index contributed by atoms with van der Waals surface area (Å²) in [5.74, 6) is 0.142. The van der Waals surface area contributed by atoms with Gasteiger partial charge in [0.15, 0.2) is 12.7 Å². The summed E-state index contributed by atoms with van der Waals surface area (Å²) in [6.07, 6.45) is -10.4. The fraction of sp³-hybridized carbons (Fsp3) is 0.600. The molecule has 0 nitrogen and oxygen atoms in total. The monoisotopic (exact) mass is 324 g/mol. The minimum atomic E-state index is -5.41. The van der Waals surface area contributed by atoms with E-state index in [2.05, 4.69) is 0 Å². The van der Waals surface area contributed by atoms with E-state index in [4.69, 9.17) is 0 Å². The van der Waals surface area contributed by atoms with E-state index < -0.39 is 23.3 Å². The lowest BCUT2D eigenvalue weighted by atomic mass is 9.68. The molecule has 0 N–H and O–H groups in total. The fourth-order valence-electron chi connectivity index (χ4n) is 2.40. The van der Waals surface area contributed by atoms with Crippen molar-refractivity contribution in [2.24, 2.45) is 5.92 Å². The number of hydrogen-bond acceptors (Lipinski definition) is 0. The van der Waals surface area contributed by atoms with Gasteiger partial charge in [-0.15, -0.1) is 0 Å². The summed E-state index contributed by atoms with van der Waals surface area (Å²) < 4.78 is 78.9. The zero-order valence-electron chi connectivity index (χ0n) is 13.0. The molecule has 7 heteroatoms. The quantitative estimate of drug-likeness (QED) is 0.570. The minimum absolute atomic E-state index is 0.142. The van der Waals surface area contributed by atoms with Gasteiger partial charge in [-0.2, -0.15) is 26.3 Å². The molecule has 1 aromatic carbocycles. The molecule has 0 radical (unpaired) electrons. The van der Waals surface area contributed by atoms with Crippen molar-refractivity contribution in [2.75, 3.05) is 0 Å². The third-order valence-electron chi connectivity index (χ3n) is 3.93. The Kier molecular flexibility index (Phi) is 5.30. The van der Waals surface area contributed by atoms with Gasteiger partial charge in [-0.1, -0.05) is 49.9 Å². The van der Waals surface area contributed by atoms with Crippen LogP contribution in [-0.4, -0.2) is 19.6 Å². The Bertz CT molecular complexity index is 502. The van der Waals surface area contributed by atoms with Gasteiger partial charge < -0.3 is 0 Å². The molecular weight excluding hydrogens is 305 g/mol. The molecule has 0 atom stereocenters. The third-order valence-corrected chi connectivity index (χ3v) is 3.93. The van der Waals surface area contributed by atoms with Gasteiger partial charge in [0, 0.05) is 0 Å². The summed E-state index contributed by atoms with van der Waals surface area (Å²) in [5.41, 5.74) is -3.28. The van der Waals surface area contributed by atoms with Gasteiger partial charge in [0.25, 0.3) is 0 Å². The first-order valence-corrected chi connectivity index (χ1v) is 7.10. The zero-order chi connectivity index (χ0) is 17.3. The van der Waals surface area contributed by atoms with Crippen LogP contribution in [0.5, 0.6) is 0 Å². The highest BCUT2D eigenvalue weighted by Crippen LogP contribution is 2.51. The van der Waals surface area contributed by atoms with Gasteiger partial charge in [-0.3, -0.25) is 0 Å². The van der Waals surface area contributed by atoms with E-state index in [0.717, 1.165) is 17.6 Å². The average Bonchev–Trinajstić information content (AvgIpc) is 2.34. The molecule has 0 amide bonds. The molecule has 0 spiro atoms. The van der Waals surface area contributed by atoms with Crippen molar-refractivity contribution in [2.45, 2.75) is 51.8 Å². The standard InChI is InChI=1S/C15H19BF6/c1-9(2)7-10-8-11(5-6-12(10)16-4)13(3,14(17,18)19)15(20,21)22/h5-6,8-9,16H,7H2,1-4H3. The molecule has 1 rings (SSSR count). The molecule has 0 saturated carbocycles. The van der Waals surface area contributed by atoms with Crippen molar-refractivity contribution < 1.29 is 26.3 Å².